The lowest BCUT2D eigenvalue weighted by atomic mass is 10.1. The van der Waals surface area contributed by atoms with E-state index in [-0.39, 0.29) is 0 Å². The summed E-state index contributed by atoms with van der Waals surface area (Å²) >= 11 is 5.29. The molecular formula is C20H30N6S+2. The Morgan fingerprint density at radius 3 is 2.59 bits per heavy atom. The fourth-order valence-electron chi connectivity index (χ4n) is 3.00. The van der Waals surface area contributed by atoms with Crippen LogP contribution in [0.15, 0.2) is 18.2 Å². The smallest absolute Gasteiger partial charge is 0.290 e. The van der Waals surface area contributed by atoms with E-state index in [1.807, 2.05) is 6.07 Å². The van der Waals surface area contributed by atoms with Crippen LogP contribution in [0.2, 0.25) is 0 Å². The minimum Gasteiger partial charge on any atom is -0.363 e. The predicted octanol–water partition coefficient (Wildman–Crippen LogP) is 0.553. The first-order valence-electron chi connectivity index (χ1n) is 9.32. The fourth-order valence-corrected chi connectivity index (χ4v) is 3.21. The third-order valence-electron chi connectivity index (χ3n) is 4.30. The van der Waals surface area contributed by atoms with Crippen molar-refractivity contribution >= 4 is 34.1 Å². The van der Waals surface area contributed by atoms with Crippen LogP contribution < -0.4 is 25.8 Å². The molecule has 5 N–H and O–H groups in total. The number of nitrogens with one attached hydrogen (secondary N) is 5. The molecule has 0 aliphatic heterocycles. The van der Waals surface area contributed by atoms with Crippen LogP contribution in [0.4, 0.5) is 5.82 Å². The highest BCUT2D eigenvalue weighted by Crippen LogP contribution is 2.20. The molecule has 1 aromatic carbocycles. The van der Waals surface area contributed by atoms with Crippen molar-refractivity contribution in [3.8, 4) is 6.07 Å². The number of pyridine rings is 1. The molecule has 2 aromatic rings. The zero-order valence-electron chi connectivity index (χ0n) is 16.6. The zero-order chi connectivity index (χ0) is 19.8. The number of nitriles is 1. The molecule has 0 saturated heterocycles. The van der Waals surface area contributed by atoms with Crippen molar-refractivity contribution in [2.45, 2.75) is 20.3 Å². The number of aromatic amines is 1. The van der Waals surface area contributed by atoms with Gasteiger partial charge in [0, 0.05) is 18.4 Å². The number of hydrogen-bond donors (Lipinski definition) is 4. The lowest BCUT2D eigenvalue weighted by Gasteiger charge is -2.11. The molecule has 0 bridgehead atoms. The molecule has 0 aliphatic carbocycles. The van der Waals surface area contributed by atoms with Gasteiger partial charge in [-0.05, 0) is 49.3 Å². The third kappa shape index (κ3) is 6.35. The Morgan fingerprint density at radius 2 is 1.89 bits per heavy atom. The number of H-pyrrole nitrogens is 1. The van der Waals surface area contributed by atoms with Crippen LogP contribution >= 0.6 is 12.2 Å². The van der Waals surface area contributed by atoms with Gasteiger partial charge in [0.1, 0.15) is 23.7 Å². The minimum atomic E-state index is 0.611. The second kappa shape index (κ2) is 10.0. The number of quaternary nitrogens is 1. The number of benzene rings is 1. The summed E-state index contributed by atoms with van der Waals surface area (Å²) in [6.45, 7) is 7.46. The van der Waals surface area contributed by atoms with Gasteiger partial charge in [0.05, 0.1) is 27.2 Å². The normalized spacial score (nSPS) is 10.7. The summed E-state index contributed by atoms with van der Waals surface area (Å²) in [5, 5.41) is 20.9. The van der Waals surface area contributed by atoms with E-state index in [2.05, 4.69) is 67.1 Å². The van der Waals surface area contributed by atoms with Crippen LogP contribution in [0.3, 0.4) is 0 Å². The Morgan fingerprint density at radius 1 is 1.15 bits per heavy atom. The van der Waals surface area contributed by atoms with E-state index in [1.54, 1.807) is 0 Å². The Kier molecular flexibility index (Phi) is 7.77. The number of anilines is 1. The van der Waals surface area contributed by atoms with Crippen molar-refractivity contribution in [2.24, 2.45) is 0 Å². The number of hydrogen-bond acceptors (Lipinski definition) is 3. The summed E-state index contributed by atoms with van der Waals surface area (Å²) in [7, 11) is 4.29. The summed E-state index contributed by atoms with van der Waals surface area (Å²) in [4.78, 5) is 4.81. The van der Waals surface area contributed by atoms with E-state index >= 15 is 0 Å². The van der Waals surface area contributed by atoms with E-state index in [0.29, 0.717) is 23.8 Å². The van der Waals surface area contributed by atoms with Gasteiger partial charge in [-0.3, -0.25) is 5.32 Å². The second-order valence-electron chi connectivity index (χ2n) is 7.14. The van der Waals surface area contributed by atoms with Crippen molar-refractivity contribution in [3.05, 3.63) is 34.9 Å². The number of aromatic nitrogens is 1. The molecule has 2 rings (SSSR count). The molecule has 0 aliphatic rings. The van der Waals surface area contributed by atoms with Crippen LogP contribution in [0.5, 0.6) is 0 Å². The fraction of sp³-hybridized carbons (Fsp3) is 0.450. The van der Waals surface area contributed by atoms with Crippen molar-refractivity contribution in [3.63, 3.8) is 0 Å². The van der Waals surface area contributed by atoms with E-state index in [0.717, 1.165) is 36.2 Å². The standard InChI is InChI=1S/C20H28N6S/c1-14-10-15(2)18-16(11-14)12-17(13-21)19(25-18)22-7-8-24-20(27)23-6-5-9-26(3)4/h10-12H,5-9H2,1-4H3,(H,22,25)(H2,23,24,27)/p+2. The van der Waals surface area contributed by atoms with Crippen LogP contribution in [-0.4, -0.2) is 45.4 Å². The first kappa shape index (κ1) is 20.9. The molecule has 0 atom stereocenters. The second-order valence-corrected chi connectivity index (χ2v) is 7.54. The summed E-state index contributed by atoms with van der Waals surface area (Å²) in [6, 6.07) is 8.42. The van der Waals surface area contributed by atoms with E-state index in [4.69, 9.17) is 12.2 Å². The maximum Gasteiger partial charge on any atom is 0.290 e. The highest BCUT2D eigenvalue weighted by Gasteiger charge is 2.13. The molecular weight excluding hydrogens is 356 g/mol. The number of nitrogens with zero attached hydrogens (tertiary/aromatic N) is 1. The van der Waals surface area contributed by atoms with Crippen LogP contribution in [0.1, 0.15) is 23.1 Å². The van der Waals surface area contributed by atoms with Crippen molar-refractivity contribution in [1.29, 1.82) is 5.26 Å². The summed E-state index contributed by atoms with van der Waals surface area (Å²) in [5.74, 6) is 0.742. The van der Waals surface area contributed by atoms with Gasteiger partial charge in [-0.25, -0.2) is 4.98 Å². The number of thiocarbonyl (C=S) groups is 1. The molecule has 0 radical (unpaired) electrons. The Bertz CT molecular complexity index is 840. The number of rotatable bonds is 8. The van der Waals surface area contributed by atoms with E-state index < -0.39 is 0 Å². The SMILES string of the molecule is Cc1cc(C)c2[nH+]c(NCCNC(=S)NCCC[NH+](C)C)c(C#N)cc2c1. The van der Waals surface area contributed by atoms with Gasteiger partial charge >= 0.3 is 0 Å². The molecule has 0 unspecified atom stereocenters. The third-order valence-corrected chi connectivity index (χ3v) is 4.59. The van der Waals surface area contributed by atoms with Gasteiger partial charge < -0.3 is 15.5 Å². The molecule has 0 fully saturated rings. The Balaban J connectivity index is 1.88. The average Bonchev–Trinajstić information content (AvgIpc) is 2.61. The van der Waals surface area contributed by atoms with Crippen molar-refractivity contribution in [1.82, 2.24) is 10.6 Å². The number of aryl methyl sites for hydroxylation is 2. The van der Waals surface area contributed by atoms with Crippen molar-refractivity contribution in [2.75, 3.05) is 45.6 Å². The summed E-state index contributed by atoms with van der Waals surface area (Å²) in [6.07, 6.45) is 1.08. The number of fused-ring (bicyclic) bond motifs is 1. The van der Waals surface area contributed by atoms with E-state index in [9.17, 15) is 5.26 Å². The van der Waals surface area contributed by atoms with Crippen LogP contribution in [0, 0.1) is 25.2 Å². The molecule has 0 amide bonds. The van der Waals surface area contributed by atoms with Gasteiger partial charge in [-0.2, -0.15) is 5.26 Å². The summed E-state index contributed by atoms with van der Waals surface area (Å²) in [5.41, 5.74) is 4.02. The molecule has 0 spiro atoms. The van der Waals surface area contributed by atoms with Crippen LogP contribution in [0.25, 0.3) is 10.9 Å². The molecule has 27 heavy (non-hydrogen) atoms. The maximum absolute atomic E-state index is 9.46. The van der Waals surface area contributed by atoms with E-state index in [1.165, 1.54) is 16.0 Å². The molecule has 0 saturated carbocycles. The molecule has 1 heterocycles. The van der Waals surface area contributed by atoms with Crippen LogP contribution in [-0.2, 0) is 0 Å². The highest BCUT2D eigenvalue weighted by molar-refractivity contribution is 7.80. The molecule has 7 heteroatoms. The topological polar surface area (TPSA) is 78.5 Å². The molecule has 6 nitrogen and oxygen atoms in total. The van der Waals surface area contributed by atoms with Gasteiger partial charge in [-0.15, -0.1) is 0 Å². The minimum absolute atomic E-state index is 0.611. The van der Waals surface area contributed by atoms with Gasteiger partial charge in [0.25, 0.3) is 5.82 Å². The lowest BCUT2D eigenvalue weighted by molar-refractivity contribution is -0.858. The van der Waals surface area contributed by atoms with Gasteiger partial charge in [0.2, 0.25) is 0 Å². The van der Waals surface area contributed by atoms with Gasteiger partial charge in [-0.1, -0.05) is 6.07 Å². The quantitative estimate of drug-likeness (QED) is 0.394. The summed E-state index contributed by atoms with van der Waals surface area (Å²) < 4.78 is 0. The molecule has 144 valence electrons. The average molecular weight is 387 g/mol. The monoisotopic (exact) mass is 386 g/mol. The molecule has 1 aromatic heterocycles. The first-order valence-corrected chi connectivity index (χ1v) is 9.73. The largest absolute Gasteiger partial charge is 0.363 e. The Hall–Kier alpha value is -2.43. The first-order chi connectivity index (χ1) is 12.9. The maximum atomic E-state index is 9.46. The van der Waals surface area contributed by atoms with Gasteiger partial charge in [0.15, 0.2) is 5.11 Å². The zero-order valence-corrected chi connectivity index (χ0v) is 17.4. The highest BCUT2D eigenvalue weighted by atomic mass is 32.1. The van der Waals surface area contributed by atoms with Crippen molar-refractivity contribution < 1.29 is 9.88 Å². The lowest BCUT2D eigenvalue weighted by Crippen LogP contribution is -3.05. The Labute approximate surface area is 167 Å². The predicted molar refractivity (Wildman–Crippen MR) is 114 cm³/mol.